The van der Waals surface area contributed by atoms with Crippen LogP contribution in [0.2, 0.25) is 0 Å². The summed E-state index contributed by atoms with van der Waals surface area (Å²) >= 11 is 0. The molecule has 0 aliphatic carbocycles. The predicted octanol–water partition coefficient (Wildman–Crippen LogP) is 7.40. The maximum absolute atomic E-state index is 4.87. The van der Waals surface area contributed by atoms with E-state index in [0.29, 0.717) is 0 Å². The van der Waals surface area contributed by atoms with Gasteiger partial charge < -0.3 is 0 Å². The van der Waals surface area contributed by atoms with Crippen LogP contribution in [0.4, 0.5) is 0 Å². The Kier molecular flexibility index (Phi) is 5.05. The number of pyridine rings is 2. The Morgan fingerprint density at radius 3 is 1.97 bits per heavy atom. The van der Waals surface area contributed by atoms with Gasteiger partial charge in [0, 0.05) is 28.6 Å². The molecule has 0 aliphatic heterocycles. The van der Waals surface area contributed by atoms with Crippen LogP contribution in [0.3, 0.4) is 0 Å². The molecule has 164 valence electrons. The first kappa shape index (κ1) is 21.3. The van der Waals surface area contributed by atoms with Gasteiger partial charge in [-0.1, -0.05) is 35.4 Å². The standard InChI is InChI=1S/C31H31N2/c1-18-15-21(4)29(22(5)16-18)30-26-8-9-27-25(24(26)10-12-32-30)11-13-33(7)31(27)28-17-19(2)14-20(3)23(28)6/h8-17H,1-7H3/q+1. The van der Waals surface area contributed by atoms with Gasteiger partial charge in [-0.25, -0.2) is 4.57 Å². The number of benzene rings is 3. The number of hydrogen-bond acceptors (Lipinski definition) is 1. The number of aryl methyl sites for hydroxylation is 6. The van der Waals surface area contributed by atoms with Gasteiger partial charge in [-0.2, -0.15) is 0 Å². The van der Waals surface area contributed by atoms with E-state index in [-0.39, 0.29) is 0 Å². The third-order valence-electron chi connectivity index (χ3n) is 7.04. The fourth-order valence-corrected chi connectivity index (χ4v) is 5.49. The van der Waals surface area contributed by atoms with Crippen LogP contribution in [-0.4, -0.2) is 4.98 Å². The van der Waals surface area contributed by atoms with Crippen LogP contribution in [0.1, 0.15) is 33.4 Å². The highest BCUT2D eigenvalue weighted by atomic mass is 14.9. The molecule has 5 rings (SSSR count). The summed E-state index contributed by atoms with van der Waals surface area (Å²) in [6.07, 6.45) is 4.15. The Balaban J connectivity index is 1.86. The molecule has 0 N–H and O–H groups in total. The molecule has 0 saturated heterocycles. The summed E-state index contributed by atoms with van der Waals surface area (Å²) in [4.78, 5) is 4.87. The molecule has 33 heavy (non-hydrogen) atoms. The van der Waals surface area contributed by atoms with Crippen molar-refractivity contribution in [3.8, 4) is 22.5 Å². The van der Waals surface area contributed by atoms with Crippen molar-refractivity contribution >= 4 is 21.5 Å². The molecule has 0 aliphatic rings. The van der Waals surface area contributed by atoms with Crippen LogP contribution in [-0.2, 0) is 7.05 Å². The van der Waals surface area contributed by atoms with Gasteiger partial charge in [-0.3, -0.25) is 4.98 Å². The minimum absolute atomic E-state index is 1.07. The van der Waals surface area contributed by atoms with Crippen LogP contribution in [0.15, 0.2) is 60.9 Å². The van der Waals surface area contributed by atoms with Gasteiger partial charge in [0.15, 0.2) is 6.20 Å². The maximum Gasteiger partial charge on any atom is 0.220 e. The highest BCUT2D eigenvalue weighted by Gasteiger charge is 2.21. The summed E-state index contributed by atoms with van der Waals surface area (Å²) in [5.74, 6) is 0. The molecule has 0 radical (unpaired) electrons. The van der Waals surface area contributed by atoms with E-state index in [4.69, 9.17) is 4.98 Å². The molecule has 0 fully saturated rings. The molecule has 0 atom stereocenters. The van der Waals surface area contributed by atoms with E-state index in [1.807, 2.05) is 6.20 Å². The van der Waals surface area contributed by atoms with Gasteiger partial charge in [-0.15, -0.1) is 0 Å². The smallest absolute Gasteiger partial charge is 0.220 e. The van der Waals surface area contributed by atoms with E-state index in [9.17, 15) is 0 Å². The summed E-state index contributed by atoms with van der Waals surface area (Å²) in [6, 6.07) is 18.1. The molecule has 2 heterocycles. The molecule has 5 aromatic rings. The Labute approximate surface area is 196 Å². The van der Waals surface area contributed by atoms with Crippen molar-refractivity contribution in [3.63, 3.8) is 0 Å². The second-order valence-electron chi connectivity index (χ2n) is 9.58. The highest BCUT2D eigenvalue weighted by Crippen LogP contribution is 2.37. The monoisotopic (exact) mass is 431 g/mol. The van der Waals surface area contributed by atoms with Crippen molar-refractivity contribution in [1.29, 1.82) is 0 Å². The molecule has 0 saturated carbocycles. The van der Waals surface area contributed by atoms with Crippen LogP contribution < -0.4 is 4.57 Å². The fraction of sp³-hybridized carbons (Fsp3) is 0.226. The largest absolute Gasteiger partial charge is 0.256 e. The van der Waals surface area contributed by atoms with Gasteiger partial charge in [0.1, 0.15) is 7.05 Å². The zero-order valence-electron chi connectivity index (χ0n) is 20.7. The summed E-state index contributed by atoms with van der Waals surface area (Å²) in [7, 11) is 2.15. The summed E-state index contributed by atoms with van der Waals surface area (Å²) in [5, 5.41) is 5.00. The van der Waals surface area contributed by atoms with Gasteiger partial charge >= 0.3 is 0 Å². The summed E-state index contributed by atoms with van der Waals surface area (Å²) in [6.45, 7) is 13.2. The zero-order valence-corrected chi connectivity index (χ0v) is 20.7. The molecule has 3 aromatic carbocycles. The molecule has 0 spiro atoms. The molecule has 0 unspecified atom stereocenters. The van der Waals surface area contributed by atoms with Gasteiger partial charge in [0.25, 0.3) is 0 Å². The molecule has 0 bridgehead atoms. The van der Waals surface area contributed by atoms with E-state index in [1.165, 1.54) is 71.7 Å². The number of nitrogens with zero attached hydrogens (tertiary/aromatic N) is 2. The topological polar surface area (TPSA) is 16.8 Å². The normalized spacial score (nSPS) is 11.5. The van der Waals surface area contributed by atoms with E-state index < -0.39 is 0 Å². The van der Waals surface area contributed by atoms with Crippen molar-refractivity contribution in [2.45, 2.75) is 41.5 Å². The quantitative estimate of drug-likeness (QED) is 0.210. The first-order chi connectivity index (χ1) is 15.8. The molecular formula is C31H31N2+. The number of rotatable bonds is 2. The molecule has 2 heteroatoms. The lowest BCUT2D eigenvalue weighted by Gasteiger charge is -2.15. The van der Waals surface area contributed by atoms with E-state index in [2.05, 4.69) is 108 Å². The number of aromatic nitrogens is 2. The van der Waals surface area contributed by atoms with E-state index >= 15 is 0 Å². The zero-order chi connectivity index (χ0) is 23.4. The Hall–Kier alpha value is -3.52. The Morgan fingerprint density at radius 1 is 0.636 bits per heavy atom. The second-order valence-corrected chi connectivity index (χ2v) is 9.58. The first-order valence-electron chi connectivity index (χ1n) is 11.6. The van der Waals surface area contributed by atoms with Gasteiger partial charge in [0.2, 0.25) is 5.69 Å². The number of hydrogen-bond donors (Lipinski definition) is 0. The number of fused-ring (bicyclic) bond motifs is 3. The molecule has 2 nitrogen and oxygen atoms in total. The summed E-state index contributed by atoms with van der Waals surface area (Å²) in [5.41, 5.74) is 12.7. The van der Waals surface area contributed by atoms with Crippen LogP contribution in [0, 0.1) is 41.5 Å². The Morgan fingerprint density at radius 2 is 1.24 bits per heavy atom. The lowest BCUT2D eigenvalue weighted by Crippen LogP contribution is -2.30. The van der Waals surface area contributed by atoms with Gasteiger partial charge in [0.05, 0.1) is 16.6 Å². The third kappa shape index (κ3) is 3.41. The fourth-order valence-electron chi connectivity index (χ4n) is 5.49. The highest BCUT2D eigenvalue weighted by molar-refractivity contribution is 6.14. The first-order valence-corrected chi connectivity index (χ1v) is 11.6. The summed E-state index contributed by atoms with van der Waals surface area (Å²) < 4.78 is 2.26. The van der Waals surface area contributed by atoms with Crippen molar-refractivity contribution in [1.82, 2.24) is 4.98 Å². The minimum atomic E-state index is 1.07. The predicted molar refractivity (Wildman–Crippen MR) is 140 cm³/mol. The van der Waals surface area contributed by atoms with E-state index in [0.717, 1.165) is 5.69 Å². The van der Waals surface area contributed by atoms with Crippen LogP contribution >= 0.6 is 0 Å². The van der Waals surface area contributed by atoms with Gasteiger partial charge in [-0.05, 0) is 87.4 Å². The average molecular weight is 432 g/mol. The minimum Gasteiger partial charge on any atom is -0.256 e. The lowest BCUT2D eigenvalue weighted by atomic mass is 9.91. The third-order valence-corrected chi connectivity index (χ3v) is 7.04. The maximum atomic E-state index is 4.87. The van der Waals surface area contributed by atoms with Crippen molar-refractivity contribution in [2.24, 2.45) is 7.05 Å². The molecule has 0 amide bonds. The van der Waals surface area contributed by atoms with Crippen molar-refractivity contribution < 1.29 is 4.57 Å². The van der Waals surface area contributed by atoms with Crippen LogP contribution in [0.25, 0.3) is 44.1 Å². The second kappa shape index (κ2) is 7.81. The SMILES string of the molecule is Cc1cc(C)c(-c2nccc3c2ccc2c(-c4cc(C)cc(C)c4C)[n+](C)ccc23)c(C)c1. The lowest BCUT2D eigenvalue weighted by molar-refractivity contribution is -0.659. The average Bonchev–Trinajstić information content (AvgIpc) is 2.75. The van der Waals surface area contributed by atoms with Crippen molar-refractivity contribution in [2.75, 3.05) is 0 Å². The van der Waals surface area contributed by atoms with Crippen molar-refractivity contribution in [3.05, 3.63) is 94.3 Å². The molecular weight excluding hydrogens is 400 g/mol. The van der Waals surface area contributed by atoms with E-state index in [1.54, 1.807) is 0 Å². The Bertz CT molecular complexity index is 1550. The van der Waals surface area contributed by atoms with Crippen LogP contribution in [0.5, 0.6) is 0 Å². The molecule has 2 aromatic heterocycles.